The van der Waals surface area contributed by atoms with Gasteiger partial charge in [0.1, 0.15) is 5.84 Å². The molecule has 0 aliphatic carbocycles. The maximum Gasteiger partial charge on any atom is 0.149 e. The van der Waals surface area contributed by atoms with E-state index in [1.807, 2.05) is 0 Å². The first-order valence-corrected chi connectivity index (χ1v) is 2.27. The Labute approximate surface area is 51.7 Å². The number of nitrogens with one attached hydrogen (secondary N) is 1. The van der Waals surface area contributed by atoms with E-state index in [4.69, 9.17) is 17.5 Å². The molecule has 1 rings (SSSR count). The topological polar surface area (TPSA) is 53.6 Å². The Bertz CT molecular complexity index is 140. The van der Waals surface area contributed by atoms with Crippen molar-refractivity contribution in [2.45, 2.75) is 0 Å². The third-order valence-electron chi connectivity index (χ3n) is 0.580. The van der Waals surface area contributed by atoms with Gasteiger partial charge in [0.2, 0.25) is 0 Å². The van der Waals surface area contributed by atoms with Crippen LogP contribution in [0.5, 0.6) is 0 Å². The number of hydrogen-bond acceptors (Lipinski definition) is 4. The Kier molecular flexibility index (Phi) is 1.26. The molecular weight excluding hydrogens is 128 g/mol. The van der Waals surface area contributed by atoms with Crippen LogP contribution in [0.15, 0.2) is 11.2 Å². The predicted octanol–water partition coefficient (Wildman–Crippen LogP) is -0.451. The summed E-state index contributed by atoms with van der Waals surface area (Å²) >= 11 is 5.28. The molecule has 0 fully saturated rings. The van der Waals surface area contributed by atoms with E-state index >= 15 is 0 Å². The lowest BCUT2D eigenvalue weighted by molar-refractivity contribution is 0.401. The lowest BCUT2D eigenvalue weighted by atomic mass is 10.6. The van der Waals surface area contributed by atoms with Crippen molar-refractivity contribution in [2.75, 3.05) is 0 Å². The van der Waals surface area contributed by atoms with Crippen LogP contribution in [0.4, 0.5) is 0 Å². The molecule has 0 atom stereocenters. The zero-order valence-corrected chi connectivity index (χ0v) is 4.68. The Hall–Kier alpha value is -0.900. The molecule has 1 radical (unpaired) electrons. The second-order valence-corrected chi connectivity index (χ2v) is 1.51. The second kappa shape index (κ2) is 1.92. The molecule has 1 heterocycles. The predicted molar refractivity (Wildman–Crippen MR) is 30.3 cm³/mol. The van der Waals surface area contributed by atoms with Crippen molar-refractivity contribution in [3.8, 4) is 0 Å². The number of amidine groups is 1. The van der Waals surface area contributed by atoms with Gasteiger partial charge in [0, 0.05) is 6.08 Å². The van der Waals surface area contributed by atoms with Crippen molar-refractivity contribution in [3.63, 3.8) is 0 Å². The molecule has 43 valence electrons. The maximum absolute atomic E-state index is 5.28. The van der Waals surface area contributed by atoms with Crippen LogP contribution in [0, 0.1) is 6.20 Å². The minimum absolute atomic E-state index is 0.332. The number of hydrazine groups is 1. The van der Waals surface area contributed by atoms with E-state index in [9.17, 15) is 0 Å². The summed E-state index contributed by atoms with van der Waals surface area (Å²) in [5, 5.41) is 3.55. The fourth-order valence-electron chi connectivity index (χ4n) is 0.315. The van der Waals surface area contributed by atoms with Gasteiger partial charge in [-0.05, 0) is 0 Å². The van der Waals surface area contributed by atoms with Crippen molar-refractivity contribution >= 4 is 17.6 Å². The molecule has 3 N–H and O–H groups in total. The summed E-state index contributed by atoms with van der Waals surface area (Å²) in [7, 11) is 0. The van der Waals surface area contributed by atoms with Gasteiger partial charge in [0.05, 0.1) is 18.0 Å². The van der Waals surface area contributed by atoms with Crippen LogP contribution >= 0.6 is 11.8 Å². The number of halogens is 1. The number of nitrogens with two attached hydrogens (primary N) is 1. The molecule has 0 bridgehead atoms. The SMILES string of the molecule is NC1=NN(Cl)N[C]=C1. The molecule has 0 unspecified atom stereocenters. The van der Waals surface area contributed by atoms with Crippen LogP contribution in [0.25, 0.3) is 0 Å². The van der Waals surface area contributed by atoms with Gasteiger partial charge in [-0.3, -0.25) is 5.43 Å². The fraction of sp³-hybridized carbons (Fsp3) is 0. The summed E-state index contributed by atoms with van der Waals surface area (Å²) in [6.07, 6.45) is 4.03. The highest BCUT2D eigenvalue weighted by molar-refractivity contribution is 6.13. The van der Waals surface area contributed by atoms with Gasteiger partial charge in [0.25, 0.3) is 0 Å². The fourth-order valence-corrected chi connectivity index (χ4v) is 0.451. The molecule has 1 aliphatic rings. The Morgan fingerprint density at radius 3 is 3.12 bits per heavy atom. The smallest absolute Gasteiger partial charge is 0.149 e. The van der Waals surface area contributed by atoms with Gasteiger partial charge in [-0.2, -0.15) is 0 Å². The van der Waals surface area contributed by atoms with E-state index < -0.39 is 0 Å². The third-order valence-corrected chi connectivity index (χ3v) is 0.740. The van der Waals surface area contributed by atoms with E-state index in [-0.39, 0.29) is 0 Å². The Balaban J connectivity index is 2.63. The molecule has 1 aliphatic heterocycles. The van der Waals surface area contributed by atoms with Crippen LogP contribution in [-0.4, -0.2) is 10.5 Å². The minimum Gasteiger partial charge on any atom is -0.382 e. The Morgan fingerprint density at radius 2 is 2.75 bits per heavy atom. The molecule has 0 aromatic carbocycles. The molecule has 8 heavy (non-hydrogen) atoms. The highest BCUT2D eigenvalue weighted by Crippen LogP contribution is 1.92. The zero-order chi connectivity index (χ0) is 5.98. The summed E-state index contributed by atoms with van der Waals surface area (Å²) in [6, 6.07) is 0. The molecule has 5 heteroatoms. The van der Waals surface area contributed by atoms with Gasteiger partial charge >= 0.3 is 0 Å². The van der Waals surface area contributed by atoms with E-state index in [1.54, 1.807) is 0 Å². The van der Waals surface area contributed by atoms with Crippen molar-refractivity contribution in [3.05, 3.63) is 12.3 Å². The average molecular weight is 132 g/mol. The van der Waals surface area contributed by atoms with E-state index in [1.165, 1.54) is 6.08 Å². The van der Waals surface area contributed by atoms with E-state index in [0.29, 0.717) is 5.84 Å². The van der Waals surface area contributed by atoms with E-state index in [2.05, 4.69) is 16.7 Å². The molecule has 0 saturated heterocycles. The number of nitrogens with zero attached hydrogens (tertiary/aromatic N) is 2. The minimum atomic E-state index is 0.332. The summed E-state index contributed by atoms with van der Waals surface area (Å²) in [6.45, 7) is 0. The van der Waals surface area contributed by atoms with Crippen molar-refractivity contribution < 1.29 is 0 Å². The highest BCUT2D eigenvalue weighted by atomic mass is 35.5. The first-order valence-electron chi connectivity index (χ1n) is 1.93. The van der Waals surface area contributed by atoms with E-state index in [0.717, 1.165) is 4.64 Å². The lowest BCUT2D eigenvalue weighted by Gasteiger charge is -2.10. The summed E-state index contributed by atoms with van der Waals surface area (Å²) < 4.78 is 0.954. The lowest BCUT2D eigenvalue weighted by Crippen LogP contribution is -2.28. The molecule has 0 aromatic rings. The first-order chi connectivity index (χ1) is 3.79. The number of hydrogen-bond donors (Lipinski definition) is 2. The van der Waals surface area contributed by atoms with Crippen LogP contribution in [0.3, 0.4) is 0 Å². The van der Waals surface area contributed by atoms with Crippen molar-refractivity contribution in [1.29, 1.82) is 0 Å². The number of hydrazone groups is 1. The standard InChI is InChI=1S/C3H4ClN4/c4-8-6-2-1-3(5)7-8/h1,6H,(H2,5,7). The molecule has 0 aromatic heterocycles. The van der Waals surface area contributed by atoms with Gasteiger partial charge in [-0.15, -0.1) is 9.74 Å². The van der Waals surface area contributed by atoms with Gasteiger partial charge in [-0.1, -0.05) is 0 Å². The Morgan fingerprint density at radius 1 is 2.00 bits per heavy atom. The van der Waals surface area contributed by atoms with Crippen LogP contribution < -0.4 is 11.2 Å². The second-order valence-electron chi connectivity index (χ2n) is 1.19. The van der Waals surface area contributed by atoms with Gasteiger partial charge in [0.15, 0.2) is 0 Å². The zero-order valence-electron chi connectivity index (χ0n) is 3.93. The van der Waals surface area contributed by atoms with Crippen LogP contribution in [0.2, 0.25) is 0 Å². The number of rotatable bonds is 0. The molecule has 0 spiro atoms. The molecule has 4 nitrogen and oxygen atoms in total. The quantitative estimate of drug-likeness (QED) is 0.438. The van der Waals surface area contributed by atoms with Crippen molar-refractivity contribution in [1.82, 2.24) is 10.1 Å². The molecule has 0 saturated carbocycles. The first kappa shape index (κ1) is 5.24. The summed E-state index contributed by atoms with van der Waals surface area (Å²) in [4.78, 5) is 0. The highest BCUT2D eigenvalue weighted by Gasteiger charge is 1.97. The maximum atomic E-state index is 5.28. The largest absolute Gasteiger partial charge is 0.382 e. The summed E-state index contributed by atoms with van der Waals surface area (Å²) in [5.74, 6) is 0.332. The van der Waals surface area contributed by atoms with Crippen LogP contribution in [-0.2, 0) is 0 Å². The van der Waals surface area contributed by atoms with Gasteiger partial charge in [-0.25, -0.2) is 0 Å². The molecule has 0 amide bonds. The third kappa shape index (κ3) is 1.04. The monoisotopic (exact) mass is 131 g/mol. The van der Waals surface area contributed by atoms with Crippen molar-refractivity contribution in [2.24, 2.45) is 10.8 Å². The van der Waals surface area contributed by atoms with Gasteiger partial charge < -0.3 is 5.73 Å². The van der Waals surface area contributed by atoms with Crippen LogP contribution in [0.1, 0.15) is 0 Å². The summed E-state index contributed by atoms with van der Waals surface area (Å²) in [5.41, 5.74) is 7.63. The normalized spacial score (nSPS) is 17.6. The average Bonchev–Trinajstić information content (AvgIpc) is 1.64. The molecular formula is C3H4ClN4.